The van der Waals surface area contributed by atoms with Gasteiger partial charge in [0.2, 0.25) is 0 Å². The maximum atomic E-state index is 11.7. The quantitative estimate of drug-likeness (QED) is 0.476. The number of benzene rings is 1. The fourth-order valence-corrected chi connectivity index (χ4v) is 1.71. The average Bonchev–Trinajstić information content (AvgIpc) is 2.52. The van der Waals surface area contributed by atoms with Crippen molar-refractivity contribution < 1.29 is 14.3 Å². The lowest BCUT2D eigenvalue weighted by molar-refractivity contribution is -0.605. The molecule has 2 rings (SSSR count). The largest absolute Gasteiger partial charge is 0.619 e. The summed E-state index contributed by atoms with van der Waals surface area (Å²) in [6.45, 7) is 0.636. The Hall–Kier alpha value is -2.89. The fraction of sp³-hybridized carbons (Fsp3) is 0.133. The van der Waals surface area contributed by atoms with Gasteiger partial charge in [0, 0.05) is 30.8 Å². The van der Waals surface area contributed by atoms with Gasteiger partial charge in [-0.1, -0.05) is 18.2 Å². The molecule has 1 aromatic carbocycles. The molecule has 0 aliphatic heterocycles. The summed E-state index contributed by atoms with van der Waals surface area (Å²) in [6.07, 6.45) is 2.51. The second-order valence-electron chi connectivity index (χ2n) is 4.32. The third kappa shape index (κ3) is 4.31. The summed E-state index contributed by atoms with van der Waals surface area (Å²) in [5.74, 6) is -0.471. The van der Waals surface area contributed by atoms with Gasteiger partial charge < -0.3 is 15.8 Å². The molecule has 21 heavy (non-hydrogen) atoms. The second-order valence-corrected chi connectivity index (χ2v) is 4.32. The molecule has 1 aromatic heterocycles. The van der Waals surface area contributed by atoms with Crippen molar-refractivity contribution in [3.8, 4) is 0 Å². The molecule has 1 heterocycles. The lowest BCUT2D eigenvalue weighted by Crippen LogP contribution is -2.35. The minimum atomic E-state index is -0.287. The Morgan fingerprint density at radius 2 is 1.33 bits per heavy atom. The Balaban J connectivity index is 1.73. The first-order valence-electron chi connectivity index (χ1n) is 6.47. The van der Waals surface area contributed by atoms with Crippen LogP contribution in [0.2, 0.25) is 0 Å². The van der Waals surface area contributed by atoms with E-state index in [1.807, 2.05) is 6.07 Å². The van der Waals surface area contributed by atoms with E-state index in [-0.39, 0.29) is 11.8 Å². The highest BCUT2D eigenvalue weighted by molar-refractivity contribution is 5.95. The molecule has 0 atom stereocenters. The summed E-state index contributed by atoms with van der Waals surface area (Å²) in [5.41, 5.74) is 0.975. The Kier molecular flexibility index (Phi) is 4.87. The highest BCUT2D eigenvalue weighted by Crippen LogP contribution is 1.97. The molecule has 0 saturated heterocycles. The molecule has 2 aromatic rings. The van der Waals surface area contributed by atoms with E-state index in [0.717, 1.165) is 0 Å². The number of carbonyl (C=O) groups excluding carboxylic acids is 2. The standard InChI is InChI=1S/C15H15N3O3/c19-14(12-4-2-1-3-5-12)16-8-9-17-15(20)13-6-10-18(21)11-7-13/h1-7,10-11H,8-9H2,(H,16,19)(H,17,20). The number of pyridine rings is 1. The van der Waals surface area contributed by atoms with Gasteiger partial charge in [-0.3, -0.25) is 9.59 Å². The van der Waals surface area contributed by atoms with Crippen molar-refractivity contribution in [3.63, 3.8) is 0 Å². The maximum absolute atomic E-state index is 11.7. The Labute approximate surface area is 122 Å². The van der Waals surface area contributed by atoms with Crippen molar-refractivity contribution in [2.75, 3.05) is 13.1 Å². The van der Waals surface area contributed by atoms with Crippen LogP contribution in [0.15, 0.2) is 54.9 Å². The minimum absolute atomic E-state index is 0.183. The van der Waals surface area contributed by atoms with Gasteiger partial charge in [-0.05, 0) is 12.1 Å². The van der Waals surface area contributed by atoms with Crippen LogP contribution in [-0.4, -0.2) is 24.9 Å². The molecule has 0 aliphatic carbocycles. The van der Waals surface area contributed by atoms with Crippen LogP contribution in [-0.2, 0) is 0 Å². The number of aromatic nitrogens is 1. The summed E-state index contributed by atoms with van der Waals surface area (Å²) >= 11 is 0. The van der Waals surface area contributed by atoms with Crippen molar-refractivity contribution in [2.45, 2.75) is 0 Å². The van der Waals surface area contributed by atoms with Gasteiger partial charge >= 0.3 is 0 Å². The number of nitrogens with one attached hydrogen (secondary N) is 2. The second kappa shape index (κ2) is 7.04. The van der Waals surface area contributed by atoms with Crippen LogP contribution in [0.4, 0.5) is 0 Å². The molecule has 0 radical (unpaired) electrons. The highest BCUT2D eigenvalue weighted by Gasteiger charge is 2.07. The lowest BCUT2D eigenvalue weighted by Gasteiger charge is -2.07. The minimum Gasteiger partial charge on any atom is -0.619 e. The molecular weight excluding hydrogens is 270 g/mol. The van der Waals surface area contributed by atoms with Crippen molar-refractivity contribution >= 4 is 11.8 Å². The molecule has 0 unspecified atom stereocenters. The van der Waals surface area contributed by atoms with E-state index in [2.05, 4.69) is 10.6 Å². The first kappa shape index (κ1) is 14.5. The molecular formula is C15H15N3O3. The molecule has 0 aliphatic rings. The molecule has 0 spiro atoms. The molecule has 6 nitrogen and oxygen atoms in total. The van der Waals surface area contributed by atoms with Crippen LogP contribution < -0.4 is 15.4 Å². The summed E-state index contributed by atoms with van der Waals surface area (Å²) in [6, 6.07) is 11.7. The number of hydrogen-bond donors (Lipinski definition) is 2. The van der Waals surface area contributed by atoms with Gasteiger partial charge in [0.25, 0.3) is 11.8 Å². The lowest BCUT2D eigenvalue weighted by atomic mass is 10.2. The number of hydrogen-bond acceptors (Lipinski definition) is 3. The van der Waals surface area contributed by atoms with E-state index in [4.69, 9.17) is 0 Å². The van der Waals surface area contributed by atoms with Gasteiger partial charge in [0.05, 0.1) is 5.56 Å². The molecule has 6 heteroatoms. The zero-order valence-electron chi connectivity index (χ0n) is 11.3. The first-order valence-corrected chi connectivity index (χ1v) is 6.47. The predicted octanol–water partition coefficient (Wildman–Crippen LogP) is 0.480. The summed E-state index contributed by atoms with van der Waals surface area (Å²) in [4.78, 5) is 23.5. The van der Waals surface area contributed by atoms with E-state index in [1.165, 1.54) is 24.5 Å². The van der Waals surface area contributed by atoms with E-state index in [1.54, 1.807) is 24.3 Å². The van der Waals surface area contributed by atoms with Crippen LogP contribution in [0, 0.1) is 5.21 Å². The van der Waals surface area contributed by atoms with Crippen molar-refractivity contribution in [1.29, 1.82) is 0 Å². The van der Waals surface area contributed by atoms with Crippen molar-refractivity contribution in [2.24, 2.45) is 0 Å². The molecule has 108 valence electrons. The van der Waals surface area contributed by atoms with Crippen molar-refractivity contribution in [3.05, 3.63) is 71.2 Å². The van der Waals surface area contributed by atoms with Gasteiger partial charge in [-0.2, -0.15) is 4.73 Å². The molecule has 0 fully saturated rings. The van der Waals surface area contributed by atoms with E-state index in [9.17, 15) is 14.8 Å². The number of nitrogens with zero attached hydrogens (tertiary/aromatic N) is 1. The maximum Gasteiger partial charge on any atom is 0.251 e. The number of carbonyl (C=O) groups is 2. The Bertz CT molecular complexity index is 612. The van der Waals surface area contributed by atoms with Crippen LogP contribution in [0.25, 0.3) is 0 Å². The monoisotopic (exact) mass is 285 g/mol. The van der Waals surface area contributed by atoms with Crippen LogP contribution in [0.3, 0.4) is 0 Å². The molecule has 0 saturated carbocycles. The van der Waals surface area contributed by atoms with E-state index in [0.29, 0.717) is 28.9 Å². The predicted molar refractivity (Wildman–Crippen MR) is 76.5 cm³/mol. The van der Waals surface area contributed by atoms with Crippen LogP contribution >= 0.6 is 0 Å². The van der Waals surface area contributed by atoms with E-state index < -0.39 is 0 Å². The van der Waals surface area contributed by atoms with Crippen LogP contribution in [0.1, 0.15) is 20.7 Å². The molecule has 2 amide bonds. The molecule has 0 bridgehead atoms. The summed E-state index contributed by atoms with van der Waals surface area (Å²) in [5, 5.41) is 16.2. The zero-order chi connectivity index (χ0) is 15.1. The number of amides is 2. The third-order valence-corrected chi connectivity index (χ3v) is 2.80. The highest BCUT2D eigenvalue weighted by atomic mass is 16.5. The Morgan fingerprint density at radius 1 is 0.857 bits per heavy atom. The van der Waals surface area contributed by atoms with Crippen LogP contribution in [0.5, 0.6) is 0 Å². The molecule has 2 N–H and O–H groups in total. The summed E-state index contributed by atoms with van der Waals surface area (Å²) in [7, 11) is 0. The topological polar surface area (TPSA) is 85.1 Å². The van der Waals surface area contributed by atoms with Gasteiger partial charge in [-0.25, -0.2) is 0 Å². The third-order valence-electron chi connectivity index (χ3n) is 2.80. The zero-order valence-corrected chi connectivity index (χ0v) is 11.3. The normalized spacial score (nSPS) is 9.90. The van der Waals surface area contributed by atoms with Gasteiger partial charge in [0.15, 0.2) is 12.4 Å². The van der Waals surface area contributed by atoms with Gasteiger partial charge in [-0.15, -0.1) is 0 Å². The van der Waals surface area contributed by atoms with E-state index >= 15 is 0 Å². The summed E-state index contributed by atoms with van der Waals surface area (Å²) < 4.78 is 0.608. The smallest absolute Gasteiger partial charge is 0.251 e. The Morgan fingerprint density at radius 3 is 1.86 bits per heavy atom. The fourth-order valence-electron chi connectivity index (χ4n) is 1.71. The van der Waals surface area contributed by atoms with Gasteiger partial charge in [0.1, 0.15) is 0 Å². The first-order chi connectivity index (χ1) is 10.2. The average molecular weight is 285 g/mol. The SMILES string of the molecule is O=C(NCCNC(=O)c1cc[n+]([O-])cc1)c1ccccc1. The van der Waals surface area contributed by atoms with Crippen molar-refractivity contribution in [1.82, 2.24) is 10.6 Å². The number of rotatable bonds is 5.